The number of nitrogens with zero attached hydrogens (tertiary/aromatic N) is 1. The predicted molar refractivity (Wildman–Crippen MR) is 95.9 cm³/mol. The number of thiophene rings is 1. The predicted octanol–water partition coefficient (Wildman–Crippen LogP) is 2.98. The number of ether oxygens (including phenoxy) is 1. The first-order valence-electron chi connectivity index (χ1n) is 7.66. The molecule has 0 radical (unpaired) electrons. The maximum absolute atomic E-state index is 12.4. The zero-order chi connectivity index (χ0) is 16.5. The van der Waals surface area contributed by atoms with Gasteiger partial charge >= 0.3 is 0 Å². The van der Waals surface area contributed by atoms with E-state index in [1.165, 1.54) is 15.9 Å². The van der Waals surface area contributed by atoms with Gasteiger partial charge < -0.3 is 19.4 Å². The Morgan fingerprint density at radius 3 is 3.04 bits per heavy atom. The summed E-state index contributed by atoms with van der Waals surface area (Å²) in [6.45, 7) is 0.326. The second-order valence-electron chi connectivity index (χ2n) is 5.63. The molecule has 0 saturated heterocycles. The van der Waals surface area contributed by atoms with Crippen molar-refractivity contribution < 1.29 is 9.84 Å². The van der Waals surface area contributed by atoms with Crippen molar-refractivity contribution in [1.82, 2.24) is 9.55 Å². The molecule has 5 nitrogen and oxygen atoms in total. The first-order chi connectivity index (χ1) is 11.7. The molecule has 2 N–H and O–H groups in total. The quantitative estimate of drug-likeness (QED) is 0.587. The summed E-state index contributed by atoms with van der Waals surface area (Å²) in [5.74, 6) is 0.716. The molecule has 0 saturated carbocycles. The normalized spacial score (nSPS) is 12.7. The van der Waals surface area contributed by atoms with E-state index in [1.807, 2.05) is 48.0 Å². The number of nitrogens with one attached hydrogen (secondary N) is 1. The first kappa shape index (κ1) is 15.0. The van der Waals surface area contributed by atoms with Crippen LogP contribution in [-0.4, -0.2) is 27.4 Å². The first-order valence-corrected chi connectivity index (χ1v) is 8.54. The van der Waals surface area contributed by atoms with Crippen LogP contribution in [0.5, 0.6) is 5.75 Å². The number of fused-ring (bicyclic) bond motifs is 2. The molecule has 4 rings (SSSR count). The molecule has 0 aliphatic heterocycles. The van der Waals surface area contributed by atoms with Crippen molar-refractivity contribution in [1.29, 1.82) is 0 Å². The fraction of sp³-hybridized carbons (Fsp3) is 0.167. The zero-order valence-corrected chi connectivity index (χ0v) is 13.6. The summed E-state index contributed by atoms with van der Waals surface area (Å²) in [5, 5.41) is 13.8. The van der Waals surface area contributed by atoms with Gasteiger partial charge in [0.1, 0.15) is 18.5 Å². The van der Waals surface area contributed by atoms with Crippen LogP contribution in [0.15, 0.2) is 59.0 Å². The van der Waals surface area contributed by atoms with Crippen molar-refractivity contribution in [3.8, 4) is 5.75 Å². The Bertz CT molecular complexity index is 1050. The Kier molecular flexibility index (Phi) is 3.84. The molecule has 0 amide bonds. The van der Waals surface area contributed by atoms with Gasteiger partial charge in [-0.2, -0.15) is 0 Å². The Hall–Kier alpha value is -2.57. The Morgan fingerprint density at radius 1 is 1.21 bits per heavy atom. The van der Waals surface area contributed by atoms with Crippen LogP contribution in [0.2, 0.25) is 0 Å². The van der Waals surface area contributed by atoms with Crippen molar-refractivity contribution in [2.75, 3.05) is 6.61 Å². The number of aliphatic hydroxyl groups is 1. The number of hydrogen-bond donors (Lipinski definition) is 2. The van der Waals surface area contributed by atoms with Crippen LogP contribution < -0.4 is 10.3 Å². The third-order valence-corrected chi connectivity index (χ3v) is 4.87. The second-order valence-corrected chi connectivity index (χ2v) is 6.58. The van der Waals surface area contributed by atoms with Gasteiger partial charge in [-0.05, 0) is 35.7 Å². The number of aromatic nitrogens is 2. The van der Waals surface area contributed by atoms with E-state index < -0.39 is 6.10 Å². The monoisotopic (exact) mass is 340 g/mol. The molecule has 0 fully saturated rings. The molecule has 122 valence electrons. The smallest absolute Gasteiger partial charge is 0.259 e. The van der Waals surface area contributed by atoms with Crippen LogP contribution in [-0.2, 0) is 6.54 Å². The van der Waals surface area contributed by atoms with E-state index in [9.17, 15) is 9.90 Å². The molecule has 24 heavy (non-hydrogen) atoms. The van der Waals surface area contributed by atoms with Gasteiger partial charge in [0.2, 0.25) is 0 Å². The standard InChI is InChI=1S/C18H16N2O3S/c21-12(10-20-8-5-17-14(18(20)22)6-9-24-17)11-23-16-3-1-2-15-13(16)4-7-19-15/h1-9,12,19,21H,10-11H2. The van der Waals surface area contributed by atoms with E-state index in [1.54, 1.807) is 6.20 Å². The summed E-state index contributed by atoms with van der Waals surface area (Å²) < 4.78 is 8.23. The minimum Gasteiger partial charge on any atom is -0.490 e. The number of aliphatic hydroxyl groups excluding tert-OH is 1. The summed E-state index contributed by atoms with van der Waals surface area (Å²) in [6.07, 6.45) is 2.80. The number of rotatable bonds is 5. The highest BCUT2D eigenvalue weighted by atomic mass is 32.1. The van der Waals surface area contributed by atoms with Gasteiger partial charge in [-0.1, -0.05) is 6.07 Å². The molecule has 4 aromatic rings. The van der Waals surface area contributed by atoms with Gasteiger partial charge in [0.05, 0.1) is 11.9 Å². The van der Waals surface area contributed by atoms with E-state index in [2.05, 4.69) is 4.98 Å². The third-order valence-electron chi connectivity index (χ3n) is 3.99. The van der Waals surface area contributed by atoms with Crippen LogP contribution >= 0.6 is 11.3 Å². The van der Waals surface area contributed by atoms with Crippen LogP contribution in [0.3, 0.4) is 0 Å². The van der Waals surface area contributed by atoms with Gasteiger partial charge in [-0.15, -0.1) is 11.3 Å². The number of benzene rings is 1. The lowest BCUT2D eigenvalue weighted by Crippen LogP contribution is -2.29. The largest absolute Gasteiger partial charge is 0.490 e. The van der Waals surface area contributed by atoms with E-state index in [0.717, 1.165) is 15.6 Å². The SMILES string of the molecule is O=c1c2ccsc2ccn1CC(O)COc1cccc2[nH]ccc12. The fourth-order valence-corrected chi connectivity index (χ4v) is 3.57. The number of pyridine rings is 1. The molecule has 0 aliphatic carbocycles. The summed E-state index contributed by atoms with van der Waals surface area (Å²) in [5.41, 5.74) is 0.904. The van der Waals surface area contributed by atoms with E-state index in [0.29, 0.717) is 11.1 Å². The minimum atomic E-state index is -0.770. The molecule has 1 aromatic carbocycles. The van der Waals surface area contributed by atoms with Crippen molar-refractivity contribution in [2.24, 2.45) is 0 Å². The number of aromatic amines is 1. The highest BCUT2D eigenvalue weighted by Crippen LogP contribution is 2.24. The second kappa shape index (κ2) is 6.14. The highest BCUT2D eigenvalue weighted by Gasteiger charge is 2.11. The minimum absolute atomic E-state index is 0.0828. The van der Waals surface area contributed by atoms with Gasteiger partial charge in [-0.3, -0.25) is 4.79 Å². The van der Waals surface area contributed by atoms with Crippen LogP contribution in [0.25, 0.3) is 21.0 Å². The molecule has 1 atom stereocenters. The summed E-state index contributed by atoms with van der Waals surface area (Å²) in [6, 6.07) is 11.4. The van der Waals surface area contributed by atoms with Gasteiger partial charge in [0.25, 0.3) is 5.56 Å². The molecule has 0 bridgehead atoms. The molecule has 0 aliphatic rings. The van der Waals surface area contributed by atoms with Gasteiger partial charge in [0.15, 0.2) is 0 Å². The third kappa shape index (κ3) is 2.70. The Balaban J connectivity index is 1.48. The lowest BCUT2D eigenvalue weighted by atomic mass is 10.2. The Labute approximate surface area is 141 Å². The zero-order valence-electron chi connectivity index (χ0n) is 12.8. The van der Waals surface area contributed by atoms with Gasteiger partial charge in [0, 0.05) is 28.0 Å². The molecule has 1 unspecified atom stereocenters. The van der Waals surface area contributed by atoms with E-state index in [4.69, 9.17) is 4.74 Å². The average molecular weight is 340 g/mol. The van der Waals surface area contributed by atoms with E-state index >= 15 is 0 Å². The topological polar surface area (TPSA) is 67.2 Å². The Morgan fingerprint density at radius 2 is 2.12 bits per heavy atom. The number of H-pyrrole nitrogens is 1. The lowest BCUT2D eigenvalue weighted by Gasteiger charge is -2.14. The average Bonchev–Trinajstić information content (AvgIpc) is 3.24. The molecule has 0 spiro atoms. The van der Waals surface area contributed by atoms with E-state index in [-0.39, 0.29) is 18.7 Å². The van der Waals surface area contributed by atoms with Crippen molar-refractivity contribution in [3.05, 3.63) is 64.5 Å². The number of hydrogen-bond acceptors (Lipinski definition) is 4. The molecule has 3 heterocycles. The summed E-state index contributed by atoms with van der Waals surface area (Å²) >= 11 is 1.54. The van der Waals surface area contributed by atoms with Crippen molar-refractivity contribution >= 4 is 32.3 Å². The molecular weight excluding hydrogens is 324 g/mol. The van der Waals surface area contributed by atoms with Crippen LogP contribution in [0.4, 0.5) is 0 Å². The highest BCUT2D eigenvalue weighted by molar-refractivity contribution is 7.17. The fourth-order valence-electron chi connectivity index (χ4n) is 2.80. The van der Waals surface area contributed by atoms with Crippen molar-refractivity contribution in [2.45, 2.75) is 12.6 Å². The van der Waals surface area contributed by atoms with Crippen molar-refractivity contribution in [3.63, 3.8) is 0 Å². The molecule has 3 aromatic heterocycles. The van der Waals surface area contributed by atoms with Crippen LogP contribution in [0.1, 0.15) is 0 Å². The molecular formula is C18H16N2O3S. The van der Waals surface area contributed by atoms with Crippen LogP contribution in [0, 0.1) is 0 Å². The summed E-state index contributed by atoms with van der Waals surface area (Å²) in [4.78, 5) is 15.5. The van der Waals surface area contributed by atoms with Gasteiger partial charge in [-0.25, -0.2) is 0 Å². The lowest BCUT2D eigenvalue weighted by molar-refractivity contribution is 0.0925. The maximum Gasteiger partial charge on any atom is 0.259 e. The summed E-state index contributed by atoms with van der Waals surface area (Å²) in [7, 11) is 0. The molecule has 6 heteroatoms. The maximum atomic E-state index is 12.4.